The lowest BCUT2D eigenvalue weighted by molar-refractivity contribution is -0.126. The zero-order valence-electron chi connectivity index (χ0n) is 14.6. The van der Waals surface area contributed by atoms with Crippen molar-refractivity contribution in [3.05, 3.63) is 59.1 Å². The van der Waals surface area contributed by atoms with Crippen molar-refractivity contribution in [1.82, 2.24) is 5.32 Å². The molecule has 0 spiro atoms. The van der Waals surface area contributed by atoms with E-state index in [0.29, 0.717) is 36.0 Å². The van der Waals surface area contributed by atoms with Gasteiger partial charge in [-0.1, -0.05) is 42.8 Å². The lowest BCUT2D eigenvalue weighted by Gasteiger charge is -2.33. The Hall–Kier alpha value is -2.53. The van der Waals surface area contributed by atoms with Crippen LogP contribution in [0.2, 0.25) is 5.02 Å². The Morgan fingerprint density at radius 2 is 1.92 bits per heavy atom. The molecule has 0 saturated heterocycles. The second-order valence-electron chi connectivity index (χ2n) is 6.13. The quantitative estimate of drug-likeness (QED) is 0.843. The number of hydrogen-bond acceptors (Lipinski definition) is 3. The van der Waals surface area contributed by atoms with Crippen molar-refractivity contribution in [2.75, 3.05) is 11.4 Å². The van der Waals surface area contributed by atoms with Crippen LogP contribution >= 0.6 is 11.6 Å². The summed E-state index contributed by atoms with van der Waals surface area (Å²) in [6.45, 7) is 2.66. The molecule has 0 aromatic heterocycles. The van der Waals surface area contributed by atoms with Gasteiger partial charge in [0.05, 0.1) is 5.69 Å². The van der Waals surface area contributed by atoms with Crippen LogP contribution in [0.25, 0.3) is 0 Å². The highest BCUT2D eigenvalue weighted by Crippen LogP contribution is 2.34. The van der Waals surface area contributed by atoms with Crippen LogP contribution in [0.4, 0.5) is 5.69 Å². The van der Waals surface area contributed by atoms with Gasteiger partial charge in [0.15, 0.2) is 6.10 Å². The summed E-state index contributed by atoms with van der Waals surface area (Å²) in [5.41, 5.74) is 1.69. The van der Waals surface area contributed by atoms with Crippen LogP contribution in [0, 0.1) is 0 Å². The number of fused-ring (bicyclic) bond motifs is 1. The minimum Gasteiger partial charge on any atom is -0.478 e. The molecule has 0 saturated carbocycles. The number of halogens is 1. The van der Waals surface area contributed by atoms with Gasteiger partial charge >= 0.3 is 0 Å². The maximum atomic E-state index is 12.6. The van der Waals surface area contributed by atoms with E-state index < -0.39 is 6.10 Å². The molecule has 2 aromatic rings. The molecule has 5 nitrogen and oxygen atoms in total. The van der Waals surface area contributed by atoms with Gasteiger partial charge in [-0.15, -0.1) is 0 Å². The molecule has 1 unspecified atom stereocenters. The lowest BCUT2D eigenvalue weighted by Crippen LogP contribution is -2.46. The molecule has 6 heteroatoms. The molecule has 3 rings (SSSR count). The fraction of sp³-hybridized carbons (Fsp3) is 0.300. The highest BCUT2D eigenvalue weighted by Gasteiger charge is 2.32. The second kappa shape index (κ2) is 8.23. The summed E-state index contributed by atoms with van der Waals surface area (Å²) in [7, 11) is 0. The Morgan fingerprint density at radius 3 is 2.65 bits per heavy atom. The van der Waals surface area contributed by atoms with E-state index in [1.165, 1.54) is 0 Å². The van der Waals surface area contributed by atoms with Gasteiger partial charge in [-0.25, -0.2) is 0 Å². The van der Waals surface area contributed by atoms with E-state index in [0.717, 1.165) is 5.56 Å². The summed E-state index contributed by atoms with van der Waals surface area (Å²) >= 11 is 5.85. The zero-order valence-corrected chi connectivity index (χ0v) is 15.3. The van der Waals surface area contributed by atoms with E-state index in [4.69, 9.17) is 16.3 Å². The summed E-state index contributed by atoms with van der Waals surface area (Å²) in [6, 6.07) is 14.7. The zero-order chi connectivity index (χ0) is 18.5. The predicted octanol–water partition coefficient (Wildman–Crippen LogP) is 3.55. The summed E-state index contributed by atoms with van der Waals surface area (Å²) in [6.07, 6.45) is 0.318. The number of hydrogen-bond donors (Lipinski definition) is 1. The van der Waals surface area contributed by atoms with E-state index in [-0.39, 0.29) is 18.2 Å². The lowest BCUT2D eigenvalue weighted by atomic mass is 10.1. The van der Waals surface area contributed by atoms with Gasteiger partial charge in [0.1, 0.15) is 5.75 Å². The van der Waals surface area contributed by atoms with Crippen molar-refractivity contribution < 1.29 is 14.3 Å². The van der Waals surface area contributed by atoms with Crippen molar-refractivity contribution in [1.29, 1.82) is 0 Å². The van der Waals surface area contributed by atoms with E-state index >= 15 is 0 Å². The minimum atomic E-state index is -0.498. The molecule has 1 aliphatic rings. The van der Waals surface area contributed by atoms with Gasteiger partial charge in [0, 0.05) is 24.5 Å². The number of rotatable bonds is 6. The summed E-state index contributed by atoms with van der Waals surface area (Å²) in [5, 5.41) is 3.53. The highest BCUT2D eigenvalue weighted by atomic mass is 35.5. The molecule has 2 amide bonds. The van der Waals surface area contributed by atoms with Gasteiger partial charge in [-0.3, -0.25) is 9.59 Å². The largest absolute Gasteiger partial charge is 0.478 e. The molecule has 2 aromatic carbocycles. The molecule has 136 valence electrons. The molecular weight excluding hydrogens is 352 g/mol. The number of amides is 2. The molecule has 0 aliphatic carbocycles. The van der Waals surface area contributed by atoms with Crippen molar-refractivity contribution in [3.63, 3.8) is 0 Å². The fourth-order valence-corrected chi connectivity index (χ4v) is 3.00. The van der Waals surface area contributed by atoms with E-state index in [2.05, 4.69) is 5.32 Å². The molecule has 1 N–H and O–H groups in total. The van der Waals surface area contributed by atoms with Crippen molar-refractivity contribution in [2.24, 2.45) is 0 Å². The normalized spacial score (nSPS) is 16.0. The number of para-hydroxylation sites is 2. The smallest absolute Gasteiger partial charge is 0.268 e. The maximum absolute atomic E-state index is 12.6. The maximum Gasteiger partial charge on any atom is 0.268 e. The fourth-order valence-electron chi connectivity index (χ4n) is 2.87. The molecule has 0 radical (unpaired) electrons. The standard InChI is InChI=1S/C20H21ClN2O3/c1-2-17-20(25)23(16-5-3-4-6-18(16)26-17)12-11-19(24)22-13-14-7-9-15(21)10-8-14/h3-10,17H,2,11-13H2,1H3,(H,22,24). The van der Waals surface area contributed by atoms with Gasteiger partial charge in [0.25, 0.3) is 5.91 Å². The van der Waals surface area contributed by atoms with Crippen molar-refractivity contribution in [2.45, 2.75) is 32.4 Å². The average molecular weight is 373 g/mol. The Bertz CT molecular complexity index is 792. The van der Waals surface area contributed by atoms with Crippen molar-refractivity contribution >= 4 is 29.1 Å². The Morgan fingerprint density at radius 1 is 1.19 bits per heavy atom. The number of anilines is 1. The number of nitrogens with one attached hydrogen (secondary N) is 1. The number of ether oxygens (including phenoxy) is 1. The summed E-state index contributed by atoms with van der Waals surface area (Å²) in [4.78, 5) is 26.4. The third kappa shape index (κ3) is 4.17. The van der Waals surface area contributed by atoms with Crippen LogP contribution in [0.1, 0.15) is 25.3 Å². The van der Waals surface area contributed by atoms with Crippen LogP contribution < -0.4 is 15.0 Å². The van der Waals surface area contributed by atoms with E-state index in [1.807, 2.05) is 43.3 Å². The Balaban J connectivity index is 1.60. The third-order valence-corrected chi connectivity index (χ3v) is 4.55. The van der Waals surface area contributed by atoms with Crippen molar-refractivity contribution in [3.8, 4) is 5.75 Å². The van der Waals surface area contributed by atoms with Gasteiger partial charge < -0.3 is 15.0 Å². The molecule has 0 fully saturated rings. The highest BCUT2D eigenvalue weighted by molar-refractivity contribution is 6.30. The van der Waals surface area contributed by atoms with Crippen LogP contribution in [0.5, 0.6) is 5.75 Å². The molecule has 0 bridgehead atoms. The van der Waals surface area contributed by atoms with Crippen LogP contribution in [0.15, 0.2) is 48.5 Å². The van der Waals surface area contributed by atoms with Gasteiger partial charge in [-0.2, -0.15) is 0 Å². The predicted molar refractivity (Wildman–Crippen MR) is 101 cm³/mol. The van der Waals surface area contributed by atoms with Gasteiger partial charge in [0.2, 0.25) is 5.91 Å². The van der Waals surface area contributed by atoms with E-state index in [1.54, 1.807) is 17.0 Å². The van der Waals surface area contributed by atoms with Crippen LogP contribution in [-0.2, 0) is 16.1 Å². The molecule has 1 heterocycles. The first kappa shape index (κ1) is 18.3. The first-order valence-corrected chi connectivity index (χ1v) is 9.04. The minimum absolute atomic E-state index is 0.100. The van der Waals surface area contributed by atoms with Gasteiger partial charge in [-0.05, 0) is 36.2 Å². The molecule has 1 atom stereocenters. The molecule has 26 heavy (non-hydrogen) atoms. The monoisotopic (exact) mass is 372 g/mol. The third-order valence-electron chi connectivity index (χ3n) is 4.30. The second-order valence-corrected chi connectivity index (χ2v) is 6.56. The number of benzene rings is 2. The van der Waals surface area contributed by atoms with Crippen LogP contribution in [0.3, 0.4) is 0 Å². The molecule has 1 aliphatic heterocycles. The SMILES string of the molecule is CCC1Oc2ccccc2N(CCC(=O)NCc2ccc(Cl)cc2)C1=O. The first-order chi connectivity index (χ1) is 12.6. The number of nitrogens with zero attached hydrogens (tertiary/aromatic N) is 1. The summed E-state index contributed by atoms with van der Waals surface area (Å²) < 4.78 is 5.74. The Labute approximate surface area is 157 Å². The topological polar surface area (TPSA) is 58.6 Å². The molecular formula is C20H21ClN2O3. The van der Waals surface area contributed by atoms with Crippen LogP contribution in [-0.4, -0.2) is 24.5 Å². The number of carbonyl (C=O) groups excluding carboxylic acids is 2. The first-order valence-electron chi connectivity index (χ1n) is 8.66. The Kier molecular flexibility index (Phi) is 5.78. The number of carbonyl (C=O) groups is 2. The van der Waals surface area contributed by atoms with E-state index in [9.17, 15) is 9.59 Å². The summed E-state index contributed by atoms with van der Waals surface area (Å²) in [5.74, 6) is 0.474. The average Bonchev–Trinajstić information content (AvgIpc) is 2.66.